The van der Waals surface area contributed by atoms with Crippen molar-refractivity contribution in [2.24, 2.45) is 0 Å². The van der Waals surface area contributed by atoms with Crippen molar-refractivity contribution in [1.29, 1.82) is 0 Å². The number of hydrogen-bond acceptors (Lipinski definition) is 5. The van der Waals surface area contributed by atoms with E-state index in [1.54, 1.807) is 0 Å². The number of allylic oxidation sites excluding steroid dienone is 1. The zero-order valence-corrected chi connectivity index (χ0v) is 13.8. The number of alkyl halides is 2. The van der Waals surface area contributed by atoms with Crippen LogP contribution in [-0.2, 0) is 11.2 Å². The summed E-state index contributed by atoms with van der Waals surface area (Å²) in [6, 6.07) is 10.2. The fraction of sp³-hybridized carbons (Fsp3) is 0.158. The van der Waals surface area contributed by atoms with Gasteiger partial charge in [-0.3, -0.25) is 4.79 Å². The lowest BCUT2D eigenvalue weighted by atomic mass is 10.0. The number of methoxy groups -OCH3 is 1. The number of carbonyl (C=O) groups excluding carboxylic acids is 2. The molecule has 2 aromatic rings. The topological polar surface area (TPSA) is 75.7 Å². The standard InChI is InChI=1S/C19H16F2O5/c1-25-17-9-5-13(10-14(17)11-18(23)24)16(22)8-4-12-2-6-15(7-3-12)26-19(20)21/h2-10,19H,11H2,1H3,(H,23,24)/p-1/b8-4+. The molecule has 0 aliphatic carbocycles. The van der Waals surface area contributed by atoms with Gasteiger partial charge in [0.1, 0.15) is 11.5 Å². The van der Waals surface area contributed by atoms with E-state index in [1.807, 2.05) is 0 Å². The average Bonchev–Trinajstić information content (AvgIpc) is 2.60. The van der Waals surface area contributed by atoms with Crippen LogP contribution in [0.1, 0.15) is 21.5 Å². The molecule has 0 heterocycles. The lowest BCUT2D eigenvalue weighted by molar-refractivity contribution is -0.304. The van der Waals surface area contributed by atoms with Crippen molar-refractivity contribution >= 4 is 17.8 Å². The highest BCUT2D eigenvalue weighted by Crippen LogP contribution is 2.21. The third-order valence-electron chi connectivity index (χ3n) is 3.43. The Morgan fingerprint density at radius 2 is 1.85 bits per heavy atom. The Morgan fingerprint density at radius 1 is 1.15 bits per heavy atom. The summed E-state index contributed by atoms with van der Waals surface area (Å²) in [5.74, 6) is -1.26. The quantitative estimate of drug-likeness (QED) is 0.533. The third kappa shape index (κ3) is 5.41. The van der Waals surface area contributed by atoms with Gasteiger partial charge >= 0.3 is 6.61 Å². The van der Waals surface area contributed by atoms with Gasteiger partial charge in [-0.05, 0) is 42.0 Å². The Hall–Kier alpha value is -3.22. The molecule has 0 N–H and O–H groups in total. The zero-order valence-electron chi connectivity index (χ0n) is 13.8. The van der Waals surface area contributed by atoms with E-state index in [2.05, 4.69) is 4.74 Å². The Kier molecular flexibility index (Phi) is 6.43. The van der Waals surface area contributed by atoms with E-state index in [0.717, 1.165) is 0 Å². The van der Waals surface area contributed by atoms with Gasteiger partial charge < -0.3 is 19.4 Å². The fourth-order valence-corrected chi connectivity index (χ4v) is 2.25. The number of benzene rings is 2. The van der Waals surface area contributed by atoms with Crippen molar-refractivity contribution in [2.45, 2.75) is 13.0 Å². The van der Waals surface area contributed by atoms with Gasteiger partial charge in [-0.2, -0.15) is 8.78 Å². The third-order valence-corrected chi connectivity index (χ3v) is 3.43. The molecule has 0 bridgehead atoms. The number of ether oxygens (including phenoxy) is 2. The second kappa shape index (κ2) is 8.75. The lowest BCUT2D eigenvalue weighted by Crippen LogP contribution is -2.24. The first-order valence-corrected chi connectivity index (χ1v) is 7.53. The van der Waals surface area contributed by atoms with Gasteiger partial charge in [0, 0.05) is 23.5 Å². The minimum Gasteiger partial charge on any atom is -0.550 e. The summed E-state index contributed by atoms with van der Waals surface area (Å²) in [4.78, 5) is 23.1. The van der Waals surface area contributed by atoms with E-state index in [-0.39, 0.29) is 23.5 Å². The minimum absolute atomic E-state index is 0.0190. The highest BCUT2D eigenvalue weighted by atomic mass is 19.3. The smallest absolute Gasteiger partial charge is 0.387 e. The summed E-state index contributed by atoms with van der Waals surface area (Å²) in [7, 11) is 1.40. The van der Waals surface area contributed by atoms with Crippen LogP contribution in [0, 0.1) is 0 Å². The molecule has 0 saturated carbocycles. The molecule has 2 rings (SSSR count). The summed E-state index contributed by atoms with van der Waals surface area (Å²) in [5.41, 5.74) is 1.24. The first-order chi connectivity index (χ1) is 12.4. The molecule has 0 spiro atoms. The summed E-state index contributed by atoms with van der Waals surface area (Å²) >= 11 is 0. The maximum Gasteiger partial charge on any atom is 0.387 e. The van der Waals surface area contributed by atoms with Crippen LogP contribution in [0.5, 0.6) is 11.5 Å². The molecule has 2 aromatic carbocycles. The van der Waals surface area contributed by atoms with Gasteiger partial charge in [-0.15, -0.1) is 0 Å². The average molecular weight is 361 g/mol. The highest BCUT2D eigenvalue weighted by molar-refractivity contribution is 6.07. The van der Waals surface area contributed by atoms with Crippen molar-refractivity contribution in [2.75, 3.05) is 7.11 Å². The second-order valence-corrected chi connectivity index (χ2v) is 5.22. The molecule has 0 aliphatic heterocycles. The number of aliphatic carboxylic acids is 1. The highest BCUT2D eigenvalue weighted by Gasteiger charge is 2.09. The lowest BCUT2D eigenvalue weighted by Gasteiger charge is -2.10. The van der Waals surface area contributed by atoms with E-state index in [4.69, 9.17) is 4.74 Å². The molecule has 0 fully saturated rings. The van der Waals surface area contributed by atoms with Crippen molar-refractivity contribution in [3.8, 4) is 11.5 Å². The Balaban J connectivity index is 2.13. The molecule has 0 radical (unpaired) electrons. The number of carboxylic acid groups (broad SMARTS) is 1. The summed E-state index contributed by atoms with van der Waals surface area (Å²) in [6.07, 6.45) is 2.43. The molecule has 136 valence electrons. The summed E-state index contributed by atoms with van der Waals surface area (Å²) in [6.45, 7) is -2.90. The zero-order chi connectivity index (χ0) is 19.1. The first-order valence-electron chi connectivity index (χ1n) is 7.53. The van der Waals surface area contributed by atoms with Crippen molar-refractivity contribution in [1.82, 2.24) is 0 Å². The van der Waals surface area contributed by atoms with Crippen LogP contribution in [-0.4, -0.2) is 25.5 Å². The van der Waals surface area contributed by atoms with Gasteiger partial charge in [-0.1, -0.05) is 18.2 Å². The van der Waals surface area contributed by atoms with Crippen LogP contribution in [0.2, 0.25) is 0 Å². The minimum atomic E-state index is -2.90. The number of carboxylic acids is 1. The van der Waals surface area contributed by atoms with Crippen LogP contribution in [0.25, 0.3) is 6.08 Å². The fourth-order valence-electron chi connectivity index (χ4n) is 2.25. The molecule has 26 heavy (non-hydrogen) atoms. The van der Waals surface area contributed by atoms with E-state index >= 15 is 0 Å². The second-order valence-electron chi connectivity index (χ2n) is 5.22. The number of hydrogen-bond donors (Lipinski definition) is 0. The van der Waals surface area contributed by atoms with E-state index in [1.165, 1.54) is 61.7 Å². The van der Waals surface area contributed by atoms with Gasteiger partial charge in [0.05, 0.1) is 7.11 Å². The molecular weight excluding hydrogens is 346 g/mol. The summed E-state index contributed by atoms with van der Waals surface area (Å²) < 4.78 is 33.5. The molecule has 0 unspecified atom stereocenters. The van der Waals surface area contributed by atoms with Crippen molar-refractivity contribution < 1.29 is 33.0 Å². The van der Waals surface area contributed by atoms with Gasteiger partial charge in [0.25, 0.3) is 0 Å². The molecule has 5 nitrogen and oxygen atoms in total. The van der Waals surface area contributed by atoms with Crippen LogP contribution < -0.4 is 14.6 Å². The van der Waals surface area contributed by atoms with Crippen molar-refractivity contribution in [3.63, 3.8) is 0 Å². The molecule has 0 aliphatic rings. The molecule has 0 saturated heterocycles. The maximum absolute atomic E-state index is 12.3. The van der Waals surface area contributed by atoms with Crippen LogP contribution in [0.3, 0.4) is 0 Å². The van der Waals surface area contributed by atoms with E-state index < -0.39 is 12.6 Å². The predicted octanol–water partition coefficient (Wildman–Crippen LogP) is 2.49. The monoisotopic (exact) mass is 361 g/mol. The predicted molar refractivity (Wildman–Crippen MR) is 88.1 cm³/mol. The number of ketones is 1. The van der Waals surface area contributed by atoms with Gasteiger partial charge in [0.15, 0.2) is 5.78 Å². The van der Waals surface area contributed by atoms with Crippen LogP contribution in [0.15, 0.2) is 48.5 Å². The number of halogens is 2. The molecular formula is C19H15F2O5-. The van der Waals surface area contributed by atoms with Gasteiger partial charge in [0.2, 0.25) is 0 Å². The van der Waals surface area contributed by atoms with Crippen LogP contribution >= 0.6 is 0 Å². The van der Waals surface area contributed by atoms with Gasteiger partial charge in [-0.25, -0.2) is 0 Å². The van der Waals surface area contributed by atoms with E-state index in [9.17, 15) is 23.5 Å². The Morgan fingerprint density at radius 3 is 2.42 bits per heavy atom. The summed E-state index contributed by atoms with van der Waals surface area (Å²) in [5, 5.41) is 10.8. The molecule has 0 amide bonds. The Bertz CT molecular complexity index is 813. The first kappa shape index (κ1) is 19.1. The largest absolute Gasteiger partial charge is 0.550 e. The Labute approximate surface area is 148 Å². The SMILES string of the molecule is COc1ccc(C(=O)/C=C/c2ccc(OC(F)F)cc2)cc1CC(=O)[O-]. The number of carbonyl (C=O) groups is 2. The molecule has 0 aromatic heterocycles. The molecule has 0 atom stereocenters. The maximum atomic E-state index is 12.3. The molecule has 7 heteroatoms. The van der Waals surface area contributed by atoms with Crippen molar-refractivity contribution in [3.05, 3.63) is 65.2 Å². The normalized spacial score (nSPS) is 10.9. The number of rotatable bonds is 8. The van der Waals surface area contributed by atoms with E-state index in [0.29, 0.717) is 16.9 Å². The van der Waals surface area contributed by atoms with Crippen LogP contribution in [0.4, 0.5) is 8.78 Å².